The zero-order valence-electron chi connectivity index (χ0n) is 11.3. The van der Waals surface area contributed by atoms with Crippen molar-refractivity contribution in [3.05, 3.63) is 0 Å². The van der Waals surface area contributed by atoms with Gasteiger partial charge in [-0.1, -0.05) is 0 Å². The van der Waals surface area contributed by atoms with Gasteiger partial charge in [-0.15, -0.1) is 0 Å². The van der Waals surface area contributed by atoms with E-state index in [1.807, 2.05) is 28.1 Å². The first kappa shape index (κ1) is 15.6. The number of Topliss-reactive ketones (excluding diaryl/α,β-unsaturated/α-hetero) is 1. The number of hydrogen-bond donors (Lipinski definition) is 3. The van der Waals surface area contributed by atoms with Crippen LogP contribution in [-0.2, 0) is 4.79 Å². The number of carbonyl (C=O) groups is 1. The zero-order chi connectivity index (χ0) is 12.6. The van der Waals surface area contributed by atoms with Gasteiger partial charge in [-0.3, -0.25) is 4.79 Å². The molecule has 96 valence electrons. The maximum absolute atomic E-state index is 11.8. The molecule has 0 radical (unpaired) electrons. The lowest BCUT2D eigenvalue weighted by Gasteiger charge is -2.20. The van der Waals surface area contributed by atoms with Crippen LogP contribution in [0.1, 0.15) is 33.1 Å². The quantitative estimate of drug-likeness (QED) is 0.540. The van der Waals surface area contributed by atoms with Gasteiger partial charge in [0.2, 0.25) is 0 Å². The van der Waals surface area contributed by atoms with Gasteiger partial charge in [-0.05, 0) is 41.4 Å². The van der Waals surface area contributed by atoms with Crippen molar-refractivity contribution in [2.24, 2.45) is 0 Å². The predicted molar refractivity (Wildman–Crippen MR) is 68.7 cm³/mol. The first-order chi connectivity index (χ1) is 7.53. The highest BCUT2D eigenvalue weighted by Crippen LogP contribution is 2.05. The number of nitrogens with one attached hydrogen (secondary N) is 3. The van der Waals surface area contributed by atoms with Crippen LogP contribution in [0.4, 0.5) is 0 Å². The second kappa shape index (κ2) is 8.67. The van der Waals surface area contributed by atoms with Gasteiger partial charge in [0.15, 0.2) is 0 Å². The van der Waals surface area contributed by atoms with E-state index in [-0.39, 0.29) is 12.1 Å². The van der Waals surface area contributed by atoms with E-state index in [0.29, 0.717) is 24.7 Å². The molecule has 0 saturated heterocycles. The predicted octanol–water partition coefficient (Wildman–Crippen LogP) is 0.530. The Labute approximate surface area is 99.6 Å². The molecule has 0 bridgehead atoms. The topological polar surface area (TPSA) is 53.2 Å². The first-order valence-electron chi connectivity index (χ1n) is 6.06. The molecule has 0 aliphatic heterocycles. The Morgan fingerprint density at radius 1 is 0.938 bits per heavy atom. The minimum atomic E-state index is 0.270. The fraction of sp³-hybridized carbons (Fsp3) is 0.917. The van der Waals surface area contributed by atoms with Crippen LogP contribution < -0.4 is 16.0 Å². The number of hydrogen-bond acceptors (Lipinski definition) is 4. The molecule has 4 nitrogen and oxygen atoms in total. The molecule has 0 fully saturated rings. The Balaban J connectivity index is 3.96. The summed E-state index contributed by atoms with van der Waals surface area (Å²) in [5.74, 6) is 0.324. The van der Waals surface area contributed by atoms with E-state index in [4.69, 9.17) is 0 Å². The van der Waals surface area contributed by atoms with Crippen LogP contribution in [0.3, 0.4) is 0 Å². The molecule has 3 N–H and O–H groups in total. The van der Waals surface area contributed by atoms with Crippen LogP contribution in [0.15, 0.2) is 0 Å². The summed E-state index contributed by atoms with van der Waals surface area (Å²) in [5.41, 5.74) is 0. The molecule has 3 unspecified atom stereocenters. The number of ketones is 1. The summed E-state index contributed by atoms with van der Waals surface area (Å²) >= 11 is 0. The van der Waals surface area contributed by atoms with Crippen LogP contribution >= 0.6 is 0 Å². The first-order valence-corrected chi connectivity index (χ1v) is 6.06. The van der Waals surface area contributed by atoms with E-state index in [1.54, 1.807) is 0 Å². The molecule has 0 aliphatic carbocycles. The lowest BCUT2D eigenvalue weighted by molar-refractivity contribution is -0.120. The fourth-order valence-corrected chi connectivity index (χ4v) is 1.65. The van der Waals surface area contributed by atoms with E-state index in [2.05, 4.69) is 22.9 Å². The second-order valence-corrected chi connectivity index (χ2v) is 4.55. The van der Waals surface area contributed by atoms with Crippen LogP contribution in [-0.4, -0.2) is 45.1 Å². The van der Waals surface area contributed by atoms with Crippen molar-refractivity contribution in [2.45, 2.75) is 51.2 Å². The Kier molecular flexibility index (Phi) is 8.43. The number of rotatable bonds is 9. The van der Waals surface area contributed by atoms with Gasteiger partial charge in [0, 0.05) is 31.0 Å². The van der Waals surface area contributed by atoms with Crippen LogP contribution in [0, 0.1) is 0 Å². The molecule has 4 heteroatoms. The molecule has 0 amide bonds. The van der Waals surface area contributed by atoms with Gasteiger partial charge in [-0.2, -0.15) is 0 Å². The van der Waals surface area contributed by atoms with Gasteiger partial charge < -0.3 is 16.0 Å². The molecule has 0 aromatic carbocycles. The molecule has 0 spiro atoms. The smallest absolute Gasteiger partial charge is 0.136 e. The molecule has 0 aromatic rings. The Bertz CT molecular complexity index is 197. The van der Waals surface area contributed by atoms with Gasteiger partial charge >= 0.3 is 0 Å². The summed E-state index contributed by atoms with van der Waals surface area (Å²) in [4.78, 5) is 11.8. The average molecular weight is 229 g/mol. The maximum atomic E-state index is 11.8. The summed E-state index contributed by atoms with van der Waals surface area (Å²) < 4.78 is 0. The second-order valence-electron chi connectivity index (χ2n) is 4.55. The SMILES string of the molecule is CNC(C)CC(=O)CC(CC(C)NC)NC. The van der Waals surface area contributed by atoms with E-state index < -0.39 is 0 Å². The van der Waals surface area contributed by atoms with E-state index >= 15 is 0 Å². The van der Waals surface area contributed by atoms with Crippen molar-refractivity contribution >= 4 is 5.78 Å². The highest BCUT2D eigenvalue weighted by atomic mass is 16.1. The van der Waals surface area contributed by atoms with Crippen molar-refractivity contribution < 1.29 is 4.79 Å². The fourth-order valence-electron chi connectivity index (χ4n) is 1.65. The third-order valence-electron chi connectivity index (χ3n) is 3.04. The molecule has 0 aliphatic rings. The highest BCUT2D eigenvalue weighted by molar-refractivity contribution is 5.79. The van der Waals surface area contributed by atoms with Crippen molar-refractivity contribution in [1.29, 1.82) is 0 Å². The summed E-state index contributed by atoms with van der Waals surface area (Å²) in [6.45, 7) is 4.16. The molecule has 0 aromatic heterocycles. The molecule has 0 heterocycles. The normalized spacial score (nSPS) is 16.8. The van der Waals surface area contributed by atoms with E-state index in [0.717, 1.165) is 6.42 Å². The minimum Gasteiger partial charge on any atom is -0.317 e. The summed E-state index contributed by atoms with van der Waals surface area (Å²) in [7, 11) is 5.75. The third kappa shape index (κ3) is 6.93. The summed E-state index contributed by atoms with van der Waals surface area (Å²) in [5, 5.41) is 9.48. The molecular weight excluding hydrogens is 202 g/mol. The van der Waals surface area contributed by atoms with Gasteiger partial charge in [0.25, 0.3) is 0 Å². The summed E-state index contributed by atoms with van der Waals surface area (Å²) in [6.07, 6.45) is 2.21. The van der Waals surface area contributed by atoms with Gasteiger partial charge in [0.05, 0.1) is 0 Å². The van der Waals surface area contributed by atoms with Crippen molar-refractivity contribution in [3.8, 4) is 0 Å². The highest BCUT2D eigenvalue weighted by Gasteiger charge is 2.15. The maximum Gasteiger partial charge on any atom is 0.136 e. The van der Waals surface area contributed by atoms with Crippen LogP contribution in [0.2, 0.25) is 0 Å². The van der Waals surface area contributed by atoms with Crippen molar-refractivity contribution in [3.63, 3.8) is 0 Å². The van der Waals surface area contributed by atoms with Crippen molar-refractivity contribution in [2.75, 3.05) is 21.1 Å². The van der Waals surface area contributed by atoms with Crippen molar-refractivity contribution in [1.82, 2.24) is 16.0 Å². The zero-order valence-corrected chi connectivity index (χ0v) is 11.3. The molecule has 0 rings (SSSR count). The lowest BCUT2D eigenvalue weighted by atomic mass is 10.00. The van der Waals surface area contributed by atoms with Gasteiger partial charge in [-0.25, -0.2) is 0 Å². The molecule has 3 atom stereocenters. The Morgan fingerprint density at radius 3 is 1.94 bits per heavy atom. The molecular formula is C12H27N3O. The Morgan fingerprint density at radius 2 is 1.50 bits per heavy atom. The van der Waals surface area contributed by atoms with Gasteiger partial charge in [0.1, 0.15) is 5.78 Å². The standard InChI is InChI=1S/C12H27N3O/c1-9(13-3)6-11(15-5)8-12(16)7-10(2)14-4/h9-11,13-15H,6-8H2,1-5H3. The average Bonchev–Trinajstić information content (AvgIpc) is 2.27. The Hall–Kier alpha value is -0.450. The molecule has 16 heavy (non-hydrogen) atoms. The van der Waals surface area contributed by atoms with Crippen LogP contribution in [0.25, 0.3) is 0 Å². The third-order valence-corrected chi connectivity index (χ3v) is 3.04. The monoisotopic (exact) mass is 229 g/mol. The largest absolute Gasteiger partial charge is 0.317 e. The van der Waals surface area contributed by atoms with Crippen LogP contribution in [0.5, 0.6) is 0 Å². The summed E-state index contributed by atoms with van der Waals surface area (Å²) in [6, 6.07) is 0.984. The van der Waals surface area contributed by atoms with E-state index in [1.165, 1.54) is 0 Å². The number of carbonyl (C=O) groups excluding carboxylic acids is 1. The lowest BCUT2D eigenvalue weighted by Crippen LogP contribution is -2.36. The molecule has 0 saturated carbocycles. The minimum absolute atomic E-state index is 0.270. The van der Waals surface area contributed by atoms with E-state index in [9.17, 15) is 4.79 Å².